The highest BCUT2D eigenvalue weighted by atomic mass is 19.4. The highest BCUT2D eigenvalue weighted by molar-refractivity contribution is 5.70. The van der Waals surface area contributed by atoms with E-state index < -0.39 is 23.9 Å². The first-order valence-corrected chi connectivity index (χ1v) is 11.6. The molecule has 3 rings (SSSR count). The lowest BCUT2D eigenvalue weighted by Gasteiger charge is -2.23. The van der Waals surface area contributed by atoms with Gasteiger partial charge in [-0.3, -0.25) is 0 Å². The van der Waals surface area contributed by atoms with Crippen molar-refractivity contribution < 1.29 is 27.4 Å². The van der Waals surface area contributed by atoms with Crippen molar-refractivity contribution in [2.24, 2.45) is 0 Å². The summed E-state index contributed by atoms with van der Waals surface area (Å²) in [6.45, 7) is 4.55. The number of hydrogen-bond donors (Lipinski definition) is 0. The van der Waals surface area contributed by atoms with E-state index in [0.717, 1.165) is 29.7 Å². The smallest absolute Gasteiger partial charge is 0.416 e. The van der Waals surface area contributed by atoms with Gasteiger partial charge in [0.2, 0.25) is 0 Å². The fourth-order valence-electron chi connectivity index (χ4n) is 3.55. The second-order valence-corrected chi connectivity index (χ2v) is 8.50. The average molecular weight is 486 g/mol. The van der Waals surface area contributed by atoms with E-state index in [-0.39, 0.29) is 0 Å². The molecule has 2 unspecified atom stereocenters. The Labute approximate surface area is 204 Å². The first-order chi connectivity index (χ1) is 16.7. The van der Waals surface area contributed by atoms with Crippen LogP contribution in [0.4, 0.5) is 18.0 Å². The van der Waals surface area contributed by atoms with E-state index in [4.69, 9.17) is 9.47 Å². The summed E-state index contributed by atoms with van der Waals surface area (Å²) in [5.41, 5.74) is 1.23. The minimum Gasteiger partial charge on any atom is -0.486 e. The highest BCUT2D eigenvalue weighted by Gasteiger charge is 2.30. The number of ether oxygens (including phenoxy) is 2. The van der Waals surface area contributed by atoms with Crippen LogP contribution in [-0.2, 0) is 6.18 Å². The van der Waals surface area contributed by atoms with Gasteiger partial charge in [-0.15, -0.1) is 0 Å². The molecular formula is C28H30F3NO3. The van der Waals surface area contributed by atoms with Gasteiger partial charge in [0.15, 0.2) is 0 Å². The maximum Gasteiger partial charge on any atom is 0.416 e. The standard InChI is InChI=1S/C28H30F3NO3/c1-4-20(2)22-11-8-12-25(19-22)35-27(33)32(3)18-17-26(21-9-6-5-7-10-21)34-24-15-13-23(14-16-24)28(29,30)31/h5-16,19-20,26H,4,17-18H2,1-3H3. The minimum absolute atomic E-state index is 0.318. The molecule has 0 heterocycles. The van der Waals surface area contributed by atoms with Gasteiger partial charge in [0, 0.05) is 20.0 Å². The fourth-order valence-corrected chi connectivity index (χ4v) is 3.55. The van der Waals surface area contributed by atoms with Crippen LogP contribution < -0.4 is 9.47 Å². The Morgan fingerprint density at radius 1 is 0.914 bits per heavy atom. The molecule has 7 heteroatoms. The van der Waals surface area contributed by atoms with Crippen molar-refractivity contribution in [1.29, 1.82) is 0 Å². The number of hydrogen-bond acceptors (Lipinski definition) is 3. The second kappa shape index (κ2) is 11.8. The zero-order valence-electron chi connectivity index (χ0n) is 20.1. The van der Waals surface area contributed by atoms with Gasteiger partial charge in [-0.05, 0) is 59.9 Å². The average Bonchev–Trinajstić information content (AvgIpc) is 2.86. The molecule has 3 aromatic rings. The Bertz CT molecular complexity index is 1080. The maximum absolute atomic E-state index is 12.9. The first-order valence-electron chi connectivity index (χ1n) is 11.6. The molecule has 0 saturated carbocycles. The van der Waals surface area contributed by atoms with Crippen LogP contribution in [0, 0.1) is 0 Å². The van der Waals surface area contributed by atoms with E-state index in [9.17, 15) is 18.0 Å². The third kappa shape index (κ3) is 7.50. The Morgan fingerprint density at radius 2 is 1.57 bits per heavy atom. The molecule has 0 aliphatic heterocycles. The second-order valence-electron chi connectivity index (χ2n) is 8.50. The summed E-state index contributed by atoms with van der Waals surface area (Å²) in [5.74, 6) is 1.17. The lowest BCUT2D eigenvalue weighted by atomic mass is 9.99. The van der Waals surface area contributed by atoms with Gasteiger partial charge in [-0.25, -0.2) is 4.79 Å². The number of rotatable bonds is 9. The minimum atomic E-state index is -4.41. The van der Waals surface area contributed by atoms with Crippen molar-refractivity contribution in [2.75, 3.05) is 13.6 Å². The van der Waals surface area contributed by atoms with Crippen molar-refractivity contribution in [2.45, 2.75) is 44.9 Å². The molecule has 0 aromatic heterocycles. The molecule has 0 spiro atoms. The topological polar surface area (TPSA) is 38.8 Å². The zero-order chi connectivity index (χ0) is 25.4. The molecule has 2 atom stereocenters. The summed E-state index contributed by atoms with van der Waals surface area (Å²) in [5, 5.41) is 0. The highest BCUT2D eigenvalue weighted by Crippen LogP contribution is 2.32. The van der Waals surface area contributed by atoms with Crippen molar-refractivity contribution in [3.8, 4) is 11.5 Å². The summed E-state index contributed by atoms with van der Waals surface area (Å²) in [7, 11) is 1.64. The van der Waals surface area contributed by atoms with Crippen molar-refractivity contribution in [3.63, 3.8) is 0 Å². The van der Waals surface area contributed by atoms with Crippen LogP contribution in [0.3, 0.4) is 0 Å². The quantitative estimate of drug-likeness (QED) is 0.310. The molecule has 0 saturated heterocycles. The zero-order valence-corrected chi connectivity index (χ0v) is 20.1. The van der Waals surface area contributed by atoms with Crippen LogP contribution in [0.5, 0.6) is 11.5 Å². The Kier molecular flexibility index (Phi) is 8.79. The third-order valence-corrected chi connectivity index (χ3v) is 5.91. The van der Waals surface area contributed by atoms with E-state index >= 15 is 0 Å². The van der Waals surface area contributed by atoms with E-state index in [2.05, 4.69) is 13.8 Å². The Balaban J connectivity index is 1.65. The van der Waals surface area contributed by atoms with Gasteiger partial charge in [0.05, 0.1) is 5.56 Å². The third-order valence-electron chi connectivity index (χ3n) is 5.91. The molecule has 35 heavy (non-hydrogen) atoms. The van der Waals surface area contributed by atoms with Gasteiger partial charge in [-0.1, -0.05) is 56.3 Å². The fraction of sp³-hybridized carbons (Fsp3) is 0.321. The lowest BCUT2D eigenvalue weighted by molar-refractivity contribution is -0.137. The number of alkyl halides is 3. The van der Waals surface area contributed by atoms with Crippen molar-refractivity contribution in [1.82, 2.24) is 4.90 Å². The van der Waals surface area contributed by atoms with Crippen molar-refractivity contribution >= 4 is 6.09 Å². The molecule has 0 radical (unpaired) electrons. The summed E-state index contributed by atoms with van der Waals surface area (Å²) in [4.78, 5) is 14.1. The molecule has 4 nitrogen and oxygen atoms in total. The van der Waals surface area contributed by atoms with Gasteiger partial charge < -0.3 is 14.4 Å². The van der Waals surface area contributed by atoms with E-state index in [1.54, 1.807) is 13.1 Å². The molecule has 0 aliphatic rings. The van der Waals surface area contributed by atoms with Gasteiger partial charge in [0.25, 0.3) is 0 Å². The van der Waals surface area contributed by atoms with Crippen LogP contribution in [0.25, 0.3) is 0 Å². The van der Waals surface area contributed by atoms with Gasteiger partial charge >= 0.3 is 12.3 Å². The van der Waals surface area contributed by atoms with Gasteiger partial charge in [-0.2, -0.15) is 13.2 Å². The molecule has 0 aliphatic carbocycles. The molecular weight excluding hydrogens is 455 g/mol. The molecule has 0 bridgehead atoms. The SMILES string of the molecule is CCC(C)c1cccc(OC(=O)N(C)CCC(Oc2ccc(C(F)(F)F)cc2)c2ccccc2)c1. The summed E-state index contributed by atoms with van der Waals surface area (Å²) < 4.78 is 50.2. The predicted molar refractivity (Wildman–Crippen MR) is 130 cm³/mol. The van der Waals surface area contributed by atoms with Crippen molar-refractivity contribution in [3.05, 3.63) is 95.6 Å². The molecule has 1 amide bonds. The predicted octanol–water partition coefficient (Wildman–Crippen LogP) is 7.86. The van der Waals surface area contributed by atoms with Crippen LogP contribution in [0.2, 0.25) is 0 Å². The van der Waals surface area contributed by atoms with Crippen LogP contribution in [-0.4, -0.2) is 24.6 Å². The van der Waals surface area contributed by atoms with Gasteiger partial charge in [0.1, 0.15) is 17.6 Å². The Hall–Kier alpha value is -3.48. The number of amides is 1. The normalized spacial score (nSPS) is 13.1. The number of benzene rings is 3. The first kappa shape index (κ1) is 26.1. The number of carbonyl (C=O) groups excluding carboxylic acids is 1. The molecule has 0 N–H and O–H groups in total. The van der Waals surface area contributed by atoms with Crippen LogP contribution >= 0.6 is 0 Å². The van der Waals surface area contributed by atoms with Crippen LogP contribution in [0.1, 0.15) is 55.4 Å². The summed E-state index contributed by atoms with van der Waals surface area (Å²) in [6, 6.07) is 21.5. The summed E-state index contributed by atoms with van der Waals surface area (Å²) in [6.07, 6.45) is -3.96. The number of carbonyl (C=O) groups is 1. The molecule has 186 valence electrons. The maximum atomic E-state index is 12.9. The largest absolute Gasteiger partial charge is 0.486 e. The van der Waals surface area contributed by atoms with E-state index in [0.29, 0.717) is 30.4 Å². The number of nitrogens with zero attached hydrogens (tertiary/aromatic N) is 1. The summed E-state index contributed by atoms with van der Waals surface area (Å²) >= 11 is 0. The monoisotopic (exact) mass is 485 g/mol. The molecule has 0 fully saturated rings. The Morgan fingerprint density at radius 3 is 2.20 bits per heavy atom. The van der Waals surface area contributed by atoms with Crippen LogP contribution in [0.15, 0.2) is 78.9 Å². The van der Waals surface area contributed by atoms with E-state index in [1.165, 1.54) is 17.0 Å². The lowest BCUT2D eigenvalue weighted by Crippen LogP contribution is -2.32. The number of halogens is 3. The molecule has 3 aromatic carbocycles. The van der Waals surface area contributed by atoms with E-state index in [1.807, 2.05) is 48.5 Å².